The summed E-state index contributed by atoms with van der Waals surface area (Å²) in [4.78, 5) is 12.4. The molecule has 0 heterocycles. The summed E-state index contributed by atoms with van der Waals surface area (Å²) in [5, 5.41) is 6.62. The number of aryl methyl sites for hydroxylation is 1. The van der Waals surface area contributed by atoms with E-state index >= 15 is 0 Å². The molecule has 0 fully saturated rings. The third-order valence-electron chi connectivity index (χ3n) is 3.36. The number of carbonyl (C=O) groups is 1. The Balaban J connectivity index is 2.09. The number of anilines is 2. The van der Waals surface area contributed by atoms with Gasteiger partial charge in [0.2, 0.25) is 5.91 Å². The lowest BCUT2D eigenvalue weighted by atomic mass is 10.2. The molecule has 0 radical (unpaired) electrons. The molecule has 0 spiro atoms. The number of benzene rings is 2. The fourth-order valence-electron chi connectivity index (χ4n) is 2.03. The van der Waals surface area contributed by atoms with Gasteiger partial charge in [0.15, 0.2) is 0 Å². The number of rotatable bonds is 5. The van der Waals surface area contributed by atoms with Crippen molar-refractivity contribution in [3.63, 3.8) is 0 Å². The van der Waals surface area contributed by atoms with E-state index < -0.39 is 6.04 Å². The topological polar surface area (TPSA) is 50.4 Å². The molecular weight excluding hydrogens is 380 g/mol. The number of ether oxygens (including phenoxy) is 1. The quantitative estimate of drug-likeness (QED) is 0.757. The van der Waals surface area contributed by atoms with E-state index in [4.69, 9.17) is 16.3 Å². The van der Waals surface area contributed by atoms with Crippen molar-refractivity contribution >= 4 is 44.8 Å². The highest BCUT2D eigenvalue weighted by Gasteiger charge is 2.16. The van der Waals surface area contributed by atoms with E-state index in [1.54, 1.807) is 26.2 Å². The van der Waals surface area contributed by atoms with Crippen molar-refractivity contribution in [2.45, 2.75) is 19.9 Å². The van der Waals surface area contributed by atoms with Crippen molar-refractivity contribution in [1.82, 2.24) is 0 Å². The lowest BCUT2D eigenvalue weighted by Gasteiger charge is -2.17. The molecule has 0 saturated carbocycles. The maximum Gasteiger partial charge on any atom is 0.246 e. The summed E-state index contributed by atoms with van der Waals surface area (Å²) in [6, 6.07) is 10.7. The van der Waals surface area contributed by atoms with Crippen molar-refractivity contribution in [3.05, 3.63) is 51.5 Å². The number of methoxy groups -OCH3 is 1. The van der Waals surface area contributed by atoms with Gasteiger partial charge in [-0.25, -0.2) is 0 Å². The first-order chi connectivity index (χ1) is 10.9. The molecule has 4 nitrogen and oxygen atoms in total. The van der Waals surface area contributed by atoms with Crippen LogP contribution in [0.1, 0.15) is 12.5 Å². The van der Waals surface area contributed by atoms with Crippen LogP contribution in [0.15, 0.2) is 40.9 Å². The fraction of sp³-hybridized carbons (Fsp3) is 0.235. The number of amides is 1. The molecule has 1 amide bonds. The van der Waals surface area contributed by atoms with E-state index in [9.17, 15) is 4.79 Å². The van der Waals surface area contributed by atoms with Gasteiger partial charge in [0.05, 0.1) is 12.8 Å². The van der Waals surface area contributed by atoms with Crippen LogP contribution in [0.5, 0.6) is 5.75 Å². The fourth-order valence-corrected chi connectivity index (χ4v) is 2.45. The second-order valence-electron chi connectivity index (χ2n) is 5.16. The maximum atomic E-state index is 12.4. The number of nitrogens with one attached hydrogen (secondary N) is 2. The molecule has 0 aliphatic heterocycles. The highest BCUT2D eigenvalue weighted by Crippen LogP contribution is 2.31. The Hall–Kier alpha value is -1.72. The standard InChI is InChI=1S/C17H18BrClN2O2/c1-10-8-15(16(23-3)9-14(10)19)21-17(22)11(2)20-13-6-4-12(18)5-7-13/h4-9,11,20H,1-3H3,(H,21,22)/t11-/m1/s1. The Morgan fingerprint density at radius 2 is 1.91 bits per heavy atom. The molecule has 2 aromatic rings. The van der Waals surface area contributed by atoms with Crippen LogP contribution in [-0.4, -0.2) is 19.1 Å². The lowest BCUT2D eigenvalue weighted by molar-refractivity contribution is -0.116. The van der Waals surface area contributed by atoms with Crippen molar-refractivity contribution in [3.8, 4) is 5.75 Å². The predicted molar refractivity (Wildman–Crippen MR) is 98.6 cm³/mol. The van der Waals surface area contributed by atoms with Crippen LogP contribution in [0.3, 0.4) is 0 Å². The molecule has 0 aliphatic rings. The van der Waals surface area contributed by atoms with Crippen molar-refractivity contribution < 1.29 is 9.53 Å². The number of halogens is 2. The highest BCUT2D eigenvalue weighted by molar-refractivity contribution is 9.10. The number of hydrogen-bond acceptors (Lipinski definition) is 3. The molecule has 2 N–H and O–H groups in total. The van der Waals surface area contributed by atoms with Gasteiger partial charge in [0, 0.05) is 21.2 Å². The van der Waals surface area contributed by atoms with Crippen LogP contribution in [0.2, 0.25) is 5.02 Å². The zero-order valence-corrected chi connectivity index (χ0v) is 15.5. The minimum Gasteiger partial charge on any atom is -0.495 e. The third-order valence-corrected chi connectivity index (χ3v) is 4.30. The first-order valence-electron chi connectivity index (χ1n) is 7.08. The van der Waals surface area contributed by atoms with Gasteiger partial charge in [-0.05, 0) is 49.7 Å². The first kappa shape index (κ1) is 17.6. The first-order valence-corrected chi connectivity index (χ1v) is 8.25. The molecule has 1 atom stereocenters. The molecule has 122 valence electrons. The summed E-state index contributed by atoms with van der Waals surface area (Å²) in [5.41, 5.74) is 2.34. The second-order valence-corrected chi connectivity index (χ2v) is 6.49. The van der Waals surface area contributed by atoms with E-state index in [1.165, 1.54) is 0 Å². The van der Waals surface area contributed by atoms with E-state index in [0.717, 1.165) is 15.7 Å². The van der Waals surface area contributed by atoms with E-state index in [0.29, 0.717) is 16.5 Å². The Bertz CT molecular complexity index is 704. The average Bonchev–Trinajstić information content (AvgIpc) is 2.52. The summed E-state index contributed by atoms with van der Waals surface area (Å²) >= 11 is 9.46. The molecule has 6 heteroatoms. The van der Waals surface area contributed by atoms with Crippen LogP contribution < -0.4 is 15.4 Å². The van der Waals surface area contributed by atoms with Crippen molar-refractivity contribution in [1.29, 1.82) is 0 Å². The summed E-state index contributed by atoms with van der Waals surface area (Å²) in [7, 11) is 1.54. The van der Waals surface area contributed by atoms with Gasteiger partial charge >= 0.3 is 0 Å². The minimum atomic E-state index is -0.406. The van der Waals surface area contributed by atoms with Gasteiger partial charge < -0.3 is 15.4 Å². The van der Waals surface area contributed by atoms with Crippen LogP contribution in [0, 0.1) is 6.92 Å². The SMILES string of the molecule is COc1cc(Cl)c(C)cc1NC(=O)[C@@H](C)Nc1ccc(Br)cc1. The second kappa shape index (κ2) is 7.70. The lowest BCUT2D eigenvalue weighted by Crippen LogP contribution is -2.32. The van der Waals surface area contributed by atoms with E-state index in [-0.39, 0.29) is 5.91 Å². The molecule has 0 bridgehead atoms. The largest absolute Gasteiger partial charge is 0.495 e. The summed E-state index contributed by atoms with van der Waals surface area (Å²) in [5.74, 6) is 0.373. The van der Waals surface area contributed by atoms with Gasteiger partial charge in [-0.15, -0.1) is 0 Å². The molecule has 23 heavy (non-hydrogen) atoms. The van der Waals surface area contributed by atoms with Crippen molar-refractivity contribution in [2.75, 3.05) is 17.7 Å². The summed E-state index contributed by atoms with van der Waals surface area (Å²) in [6.07, 6.45) is 0. The van der Waals surface area contributed by atoms with Crippen LogP contribution in [-0.2, 0) is 4.79 Å². The van der Waals surface area contributed by atoms with Gasteiger partial charge in [0.1, 0.15) is 11.8 Å². The Kier molecular flexibility index (Phi) is 5.91. The Labute approximate surface area is 149 Å². The van der Waals surface area contributed by atoms with Gasteiger partial charge in [-0.1, -0.05) is 27.5 Å². The zero-order chi connectivity index (χ0) is 17.0. The van der Waals surface area contributed by atoms with Crippen LogP contribution in [0.4, 0.5) is 11.4 Å². The maximum absolute atomic E-state index is 12.4. The molecule has 2 aromatic carbocycles. The molecule has 0 aliphatic carbocycles. The monoisotopic (exact) mass is 396 g/mol. The van der Waals surface area contributed by atoms with Gasteiger partial charge in [-0.2, -0.15) is 0 Å². The number of carbonyl (C=O) groups excluding carboxylic acids is 1. The molecular formula is C17H18BrClN2O2. The average molecular weight is 398 g/mol. The van der Waals surface area contributed by atoms with Crippen LogP contribution >= 0.6 is 27.5 Å². The highest BCUT2D eigenvalue weighted by atomic mass is 79.9. The predicted octanol–water partition coefficient (Wildman–Crippen LogP) is 4.86. The Morgan fingerprint density at radius 1 is 1.26 bits per heavy atom. The van der Waals surface area contributed by atoms with Gasteiger partial charge in [-0.3, -0.25) is 4.79 Å². The molecule has 0 saturated heterocycles. The van der Waals surface area contributed by atoms with Crippen molar-refractivity contribution in [2.24, 2.45) is 0 Å². The van der Waals surface area contributed by atoms with Crippen LogP contribution in [0.25, 0.3) is 0 Å². The summed E-state index contributed by atoms with van der Waals surface area (Å²) < 4.78 is 6.26. The zero-order valence-electron chi connectivity index (χ0n) is 13.1. The van der Waals surface area contributed by atoms with E-state index in [2.05, 4.69) is 26.6 Å². The third kappa shape index (κ3) is 4.62. The number of hydrogen-bond donors (Lipinski definition) is 2. The molecule has 0 aromatic heterocycles. The van der Waals surface area contributed by atoms with Gasteiger partial charge in [0.25, 0.3) is 0 Å². The minimum absolute atomic E-state index is 0.159. The molecule has 0 unspecified atom stereocenters. The Morgan fingerprint density at radius 3 is 2.52 bits per heavy atom. The normalized spacial score (nSPS) is 11.7. The molecule has 2 rings (SSSR count). The summed E-state index contributed by atoms with van der Waals surface area (Å²) in [6.45, 7) is 3.67. The smallest absolute Gasteiger partial charge is 0.246 e. The van der Waals surface area contributed by atoms with E-state index in [1.807, 2.05) is 31.2 Å².